The maximum Gasteiger partial charge on any atom is 0.280 e. The molecule has 4 rings (SSSR count). The first-order chi connectivity index (χ1) is 16.0. The molecule has 178 valence electrons. The zero-order chi connectivity index (χ0) is 23.3. The Morgan fingerprint density at radius 1 is 1.21 bits per heavy atom. The van der Waals surface area contributed by atoms with Crippen LogP contribution in [0.2, 0.25) is 0 Å². The van der Waals surface area contributed by atoms with Crippen molar-refractivity contribution in [2.24, 2.45) is 5.16 Å². The lowest BCUT2D eigenvalue weighted by molar-refractivity contribution is -0.110. The van der Waals surface area contributed by atoms with E-state index in [1.54, 1.807) is 25.4 Å². The number of hydrogen-bond acceptors (Lipinski definition) is 10. The van der Waals surface area contributed by atoms with Crippen molar-refractivity contribution in [2.75, 3.05) is 38.9 Å². The Bertz CT molecular complexity index is 1090. The normalized spacial score (nSPS) is 21.3. The van der Waals surface area contributed by atoms with Crippen LogP contribution in [0.3, 0.4) is 0 Å². The number of carbonyl (C=O) groups excluding carboxylic acids is 1. The van der Waals surface area contributed by atoms with Gasteiger partial charge in [-0.25, -0.2) is 13.4 Å². The average molecular weight is 496 g/mol. The Labute approximate surface area is 195 Å². The van der Waals surface area contributed by atoms with Gasteiger partial charge in [0.15, 0.2) is 26.8 Å². The number of ether oxygens (including phenoxy) is 3. The summed E-state index contributed by atoms with van der Waals surface area (Å²) in [7, 11) is -1.93. The molecule has 1 aromatic carbocycles. The third-order valence-corrected chi connectivity index (χ3v) is 8.30. The van der Waals surface area contributed by atoms with Crippen molar-refractivity contribution < 1.29 is 32.3 Å². The van der Waals surface area contributed by atoms with E-state index in [1.807, 2.05) is 0 Å². The van der Waals surface area contributed by atoms with Crippen LogP contribution >= 0.6 is 11.3 Å². The van der Waals surface area contributed by atoms with Crippen LogP contribution < -0.4 is 5.32 Å². The van der Waals surface area contributed by atoms with E-state index in [0.717, 1.165) is 4.88 Å². The molecule has 12 heteroatoms. The molecule has 0 radical (unpaired) electrons. The van der Waals surface area contributed by atoms with Crippen LogP contribution in [0.5, 0.6) is 0 Å². The fourth-order valence-corrected chi connectivity index (χ4v) is 5.79. The fourth-order valence-electron chi connectivity index (χ4n) is 3.43. The van der Waals surface area contributed by atoms with E-state index in [1.165, 1.54) is 23.5 Å². The third kappa shape index (κ3) is 5.76. The number of rotatable bonds is 9. The van der Waals surface area contributed by atoms with Crippen LogP contribution in [-0.2, 0) is 40.3 Å². The molecule has 0 aliphatic carbocycles. The minimum atomic E-state index is -3.51. The molecule has 0 bridgehead atoms. The molecular formula is C21H25N3O7S2. The second-order valence-electron chi connectivity index (χ2n) is 7.60. The van der Waals surface area contributed by atoms with Crippen LogP contribution in [0.25, 0.3) is 0 Å². The minimum Gasteiger partial charge on any atom is -0.389 e. The zero-order valence-corrected chi connectivity index (χ0v) is 19.7. The quantitative estimate of drug-likeness (QED) is 0.414. The number of sulfone groups is 1. The van der Waals surface area contributed by atoms with Gasteiger partial charge in [0.1, 0.15) is 0 Å². The lowest BCUT2D eigenvalue weighted by Crippen LogP contribution is -2.25. The summed E-state index contributed by atoms with van der Waals surface area (Å²) >= 11 is 1.29. The van der Waals surface area contributed by atoms with Crippen LogP contribution in [0.4, 0.5) is 5.13 Å². The van der Waals surface area contributed by atoms with E-state index >= 15 is 0 Å². The summed E-state index contributed by atoms with van der Waals surface area (Å²) in [5, 5.41) is 6.65. The van der Waals surface area contributed by atoms with Gasteiger partial charge in [0, 0.05) is 31.9 Å². The van der Waals surface area contributed by atoms with Gasteiger partial charge < -0.3 is 19.0 Å². The maximum atomic E-state index is 13.0. The number of nitrogens with one attached hydrogen (secondary N) is 1. The molecule has 1 N–H and O–H groups in total. The van der Waals surface area contributed by atoms with E-state index in [9.17, 15) is 13.2 Å². The van der Waals surface area contributed by atoms with Gasteiger partial charge in [0.05, 0.1) is 41.5 Å². The second kappa shape index (κ2) is 10.7. The Morgan fingerprint density at radius 2 is 1.97 bits per heavy atom. The van der Waals surface area contributed by atoms with Gasteiger partial charge in [-0.1, -0.05) is 28.6 Å². The number of hydrogen-bond donors (Lipinski definition) is 1. The summed E-state index contributed by atoms with van der Waals surface area (Å²) in [5.41, 5.74) is 0.431. The highest BCUT2D eigenvalue weighted by atomic mass is 32.2. The predicted molar refractivity (Wildman–Crippen MR) is 121 cm³/mol. The van der Waals surface area contributed by atoms with Crippen molar-refractivity contribution in [1.82, 2.24) is 4.98 Å². The molecule has 33 heavy (non-hydrogen) atoms. The molecule has 0 spiro atoms. The first-order valence-corrected chi connectivity index (χ1v) is 12.8. The Hall–Kier alpha value is -2.38. The Kier molecular flexibility index (Phi) is 7.71. The molecule has 2 fully saturated rings. The van der Waals surface area contributed by atoms with E-state index in [4.69, 9.17) is 19.0 Å². The molecule has 10 nitrogen and oxygen atoms in total. The molecule has 0 saturated carbocycles. The largest absolute Gasteiger partial charge is 0.389 e. The van der Waals surface area contributed by atoms with Gasteiger partial charge >= 0.3 is 0 Å². The number of oxime groups is 1. The smallest absolute Gasteiger partial charge is 0.280 e. The summed E-state index contributed by atoms with van der Waals surface area (Å²) in [6, 6.07) is 6.05. The molecular weight excluding hydrogens is 470 g/mol. The van der Waals surface area contributed by atoms with Crippen LogP contribution in [0, 0.1) is 0 Å². The lowest BCUT2D eigenvalue weighted by atomic mass is 10.1. The summed E-state index contributed by atoms with van der Waals surface area (Å²) < 4.78 is 41.2. The van der Waals surface area contributed by atoms with E-state index in [0.29, 0.717) is 50.0 Å². The molecule has 1 aromatic heterocycles. The highest BCUT2D eigenvalue weighted by Gasteiger charge is 2.31. The third-order valence-electron chi connectivity index (χ3n) is 5.24. The number of methoxy groups -OCH3 is 1. The van der Waals surface area contributed by atoms with Gasteiger partial charge in [-0.3, -0.25) is 10.1 Å². The summed E-state index contributed by atoms with van der Waals surface area (Å²) in [5.74, 6) is -0.521. The Morgan fingerprint density at radius 3 is 2.64 bits per heavy atom. The van der Waals surface area contributed by atoms with Crippen molar-refractivity contribution in [3.63, 3.8) is 0 Å². The molecule has 2 aliphatic heterocycles. The molecule has 1 amide bonds. The van der Waals surface area contributed by atoms with Crippen LogP contribution in [0.1, 0.15) is 23.3 Å². The van der Waals surface area contributed by atoms with Gasteiger partial charge in [-0.2, -0.15) is 0 Å². The summed E-state index contributed by atoms with van der Waals surface area (Å²) in [6.45, 7) is 1.98. The van der Waals surface area contributed by atoms with Crippen molar-refractivity contribution in [3.05, 3.63) is 40.9 Å². The second-order valence-corrected chi connectivity index (χ2v) is 10.9. The first-order valence-electron chi connectivity index (χ1n) is 10.5. The Balaban J connectivity index is 1.55. The molecule has 0 unspecified atom stereocenters. The van der Waals surface area contributed by atoms with Gasteiger partial charge in [0.25, 0.3) is 5.91 Å². The number of aromatic nitrogens is 1. The average Bonchev–Trinajstić information content (AvgIpc) is 3.58. The zero-order valence-electron chi connectivity index (χ0n) is 18.1. The number of amides is 1. The van der Waals surface area contributed by atoms with Crippen molar-refractivity contribution in [1.29, 1.82) is 0 Å². The number of nitrogens with zero attached hydrogens (tertiary/aromatic N) is 2. The molecule has 3 heterocycles. The molecule has 2 aliphatic rings. The van der Waals surface area contributed by atoms with E-state index < -0.39 is 21.0 Å². The lowest BCUT2D eigenvalue weighted by Gasteiger charge is -2.12. The molecule has 2 aromatic rings. The van der Waals surface area contributed by atoms with Gasteiger partial charge in [-0.15, -0.1) is 0 Å². The molecule has 2 atom stereocenters. The highest BCUT2D eigenvalue weighted by Crippen LogP contribution is 2.24. The number of thiazole rings is 1. The number of benzene rings is 1. The predicted octanol–water partition coefficient (Wildman–Crippen LogP) is 2.00. The first kappa shape index (κ1) is 23.8. The topological polar surface area (TPSA) is 125 Å². The minimum absolute atomic E-state index is 0.0125. The van der Waals surface area contributed by atoms with Gasteiger partial charge in [0.2, 0.25) is 0 Å². The maximum absolute atomic E-state index is 13.0. The van der Waals surface area contributed by atoms with Crippen molar-refractivity contribution in [2.45, 2.75) is 35.7 Å². The summed E-state index contributed by atoms with van der Waals surface area (Å²) in [4.78, 5) is 23.8. The summed E-state index contributed by atoms with van der Waals surface area (Å²) in [6.07, 6.45) is 2.52. The van der Waals surface area contributed by atoms with Crippen molar-refractivity contribution in [3.8, 4) is 0 Å². The van der Waals surface area contributed by atoms with E-state index in [-0.39, 0.29) is 23.3 Å². The number of carbonyl (C=O) groups is 1. The van der Waals surface area contributed by atoms with E-state index in [2.05, 4.69) is 15.5 Å². The SMILES string of the molecule is COCc1cnc(NC(=O)/C(=N/O[C@@H]2CCOC2)c2ccc(S(=O)(=O)[C@H]3CCOC3)cc2)s1. The monoisotopic (exact) mass is 495 g/mol. The van der Waals surface area contributed by atoms with Crippen LogP contribution in [-0.4, -0.2) is 69.9 Å². The molecule has 2 saturated heterocycles. The number of anilines is 1. The van der Waals surface area contributed by atoms with Crippen molar-refractivity contribution >= 4 is 37.9 Å². The van der Waals surface area contributed by atoms with Crippen LogP contribution in [0.15, 0.2) is 40.5 Å². The standard InChI is InChI=1S/C21H25N3O7S2/c1-28-12-16-10-22-21(32-16)23-20(25)19(24-31-15-6-8-29-11-15)14-2-4-17(5-3-14)33(26,27)18-7-9-30-13-18/h2-5,10,15,18H,6-9,11-13H2,1H3,(H,22,23,25)/b24-19+/t15-,18+/m1/s1. The van der Waals surface area contributed by atoms with Gasteiger partial charge in [-0.05, 0) is 18.6 Å². The highest BCUT2D eigenvalue weighted by molar-refractivity contribution is 7.92. The fraction of sp³-hybridized carbons (Fsp3) is 0.476.